The molecule has 1 unspecified atom stereocenters. The zero-order chi connectivity index (χ0) is 13.0. The van der Waals surface area contributed by atoms with Gasteiger partial charge >= 0.3 is 0 Å². The van der Waals surface area contributed by atoms with Crippen molar-refractivity contribution in [3.8, 4) is 0 Å². The van der Waals surface area contributed by atoms with Crippen molar-refractivity contribution < 1.29 is 13.9 Å². The van der Waals surface area contributed by atoms with Crippen molar-refractivity contribution in [2.24, 2.45) is 0 Å². The number of nitrogens with one attached hydrogen (secondary N) is 1. The fraction of sp³-hybridized carbons (Fsp3) is 0.571. The van der Waals surface area contributed by atoms with Gasteiger partial charge in [0.15, 0.2) is 0 Å². The van der Waals surface area contributed by atoms with E-state index in [1.165, 1.54) is 37.5 Å². The summed E-state index contributed by atoms with van der Waals surface area (Å²) in [5.74, 6) is -1.37. The molecular weight excluding hydrogens is 236 g/mol. The van der Waals surface area contributed by atoms with Gasteiger partial charge in [0.05, 0.1) is 11.7 Å². The Hall–Kier alpha value is -1.00. The molecule has 1 aromatic carbocycles. The van der Waals surface area contributed by atoms with Gasteiger partial charge in [0, 0.05) is 12.6 Å². The van der Waals surface area contributed by atoms with Crippen LogP contribution in [-0.4, -0.2) is 17.7 Å². The Kier molecular flexibility index (Phi) is 4.66. The summed E-state index contributed by atoms with van der Waals surface area (Å²) in [7, 11) is 0. The van der Waals surface area contributed by atoms with Crippen LogP contribution in [0.1, 0.15) is 43.8 Å². The second kappa shape index (κ2) is 6.25. The van der Waals surface area contributed by atoms with E-state index in [0.29, 0.717) is 6.04 Å². The molecule has 2 rings (SSSR count). The molecule has 1 fully saturated rings. The van der Waals surface area contributed by atoms with Crippen molar-refractivity contribution in [2.45, 2.75) is 44.2 Å². The summed E-state index contributed by atoms with van der Waals surface area (Å²) in [5.41, 5.74) is -0.235. The molecule has 1 atom stereocenters. The lowest BCUT2D eigenvalue weighted by molar-refractivity contribution is 0.156. The first-order valence-electron chi connectivity index (χ1n) is 6.54. The summed E-state index contributed by atoms with van der Waals surface area (Å²) < 4.78 is 26.9. The van der Waals surface area contributed by atoms with E-state index >= 15 is 0 Å². The van der Waals surface area contributed by atoms with Crippen LogP contribution >= 0.6 is 0 Å². The lowest BCUT2D eigenvalue weighted by Gasteiger charge is -2.24. The number of aliphatic hydroxyl groups excluding tert-OH is 1. The van der Waals surface area contributed by atoms with Crippen molar-refractivity contribution in [3.05, 3.63) is 35.4 Å². The average Bonchev–Trinajstić information content (AvgIpc) is 2.37. The molecular formula is C14H19F2NO. The Morgan fingerprint density at radius 1 is 1.17 bits per heavy atom. The summed E-state index contributed by atoms with van der Waals surface area (Å²) in [5, 5.41) is 13.1. The van der Waals surface area contributed by atoms with Crippen molar-refractivity contribution in [2.75, 3.05) is 6.54 Å². The summed E-state index contributed by atoms with van der Waals surface area (Å²) in [6.07, 6.45) is 4.64. The highest BCUT2D eigenvalue weighted by Crippen LogP contribution is 2.22. The van der Waals surface area contributed by atoms with Crippen molar-refractivity contribution in [1.82, 2.24) is 5.32 Å². The third-order valence-electron chi connectivity index (χ3n) is 3.54. The molecule has 0 aliphatic heterocycles. The highest BCUT2D eigenvalue weighted by molar-refractivity contribution is 5.22. The van der Waals surface area contributed by atoms with Gasteiger partial charge in [0.25, 0.3) is 0 Å². The molecule has 1 aliphatic rings. The zero-order valence-corrected chi connectivity index (χ0v) is 10.3. The third kappa shape index (κ3) is 3.27. The van der Waals surface area contributed by atoms with Crippen LogP contribution in [0.4, 0.5) is 8.78 Å². The minimum absolute atomic E-state index is 0.197. The Balaban J connectivity index is 1.92. The SMILES string of the molecule is OC(CNC1CCCCC1)c1c(F)cccc1F. The van der Waals surface area contributed by atoms with Gasteiger partial charge in [-0.3, -0.25) is 0 Å². The van der Waals surface area contributed by atoms with Crippen LogP contribution in [0.2, 0.25) is 0 Å². The van der Waals surface area contributed by atoms with Crippen molar-refractivity contribution in [1.29, 1.82) is 0 Å². The molecule has 2 nitrogen and oxygen atoms in total. The van der Waals surface area contributed by atoms with Gasteiger partial charge in [-0.2, -0.15) is 0 Å². The van der Waals surface area contributed by atoms with Crippen molar-refractivity contribution >= 4 is 0 Å². The Morgan fingerprint density at radius 2 is 1.78 bits per heavy atom. The first kappa shape index (κ1) is 13.4. The molecule has 4 heteroatoms. The van der Waals surface area contributed by atoms with Crippen LogP contribution in [-0.2, 0) is 0 Å². The maximum absolute atomic E-state index is 13.4. The molecule has 0 amide bonds. The second-order valence-electron chi connectivity index (χ2n) is 4.89. The lowest BCUT2D eigenvalue weighted by Crippen LogP contribution is -2.34. The minimum atomic E-state index is -1.13. The van der Waals surface area contributed by atoms with E-state index in [2.05, 4.69) is 5.32 Å². The van der Waals surface area contributed by atoms with E-state index in [1.54, 1.807) is 0 Å². The molecule has 0 aromatic heterocycles. The Bertz CT molecular complexity index is 371. The number of benzene rings is 1. The van der Waals surface area contributed by atoms with Crippen molar-refractivity contribution in [3.63, 3.8) is 0 Å². The standard InChI is InChI=1S/C14H19F2NO/c15-11-7-4-8-12(16)14(11)13(18)9-17-10-5-2-1-3-6-10/h4,7-8,10,13,17-18H,1-3,5-6,9H2. The minimum Gasteiger partial charge on any atom is -0.387 e. The smallest absolute Gasteiger partial charge is 0.131 e. The first-order chi connectivity index (χ1) is 8.68. The van der Waals surface area contributed by atoms with Gasteiger partial charge in [-0.25, -0.2) is 8.78 Å². The van der Waals surface area contributed by atoms with Gasteiger partial charge in [0.2, 0.25) is 0 Å². The molecule has 18 heavy (non-hydrogen) atoms. The number of aliphatic hydroxyl groups is 1. The van der Waals surface area contributed by atoms with Crippen LogP contribution in [0.25, 0.3) is 0 Å². The lowest BCUT2D eigenvalue weighted by atomic mass is 9.95. The summed E-state index contributed by atoms with van der Waals surface area (Å²) in [6, 6.07) is 4.00. The third-order valence-corrected chi connectivity index (χ3v) is 3.54. The second-order valence-corrected chi connectivity index (χ2v) is 4.89. The van der Waals surface area contributed by atoms with E-state index in [1.807, 2.05) is 0 Å². The fourth-order valence-electron chi connectivity index (χ4n) is 2.52. The van der Waals surface area contributed by atoms with Crippen LogP contribution in [0.3, 0.4) is 0 Å². The highest BCUT2D eigenvalue weighted by atomic mass is 19.1. The fourth-order valence-corrected chi connectivity index (χ4v) is 2.52. The Labute approximate surface area is 106 Å². The molecule has 0 saturated heterocycles. The highest BCUT2D eigenvalue weighted by Gasteiger charge is 2.19. The normalized spacial score (nSPS) is 18.8. The maximum Gasteiger partial charge on any atom is 0.131 e. The van der Waals surface area contributed by atoms with Crippen LogP contribution in [0, 0.1) is 11.6 Å². The quantitative estimate of drug-likeness (QED) is 0.867. The molecule has 1 aromatic rings. The topological polar surface area (TPSA) is 32.3 Å². The van der Waals surface area contributed by atoms with Gasteiger partial charge < -0.3 is 10.4 Å². The molecule has 100 valence electrons. The molecule has 0 heterocycles. The van der Waals surface area contributed by atoms with E-state index < -0.39 is 17.7 Å². The number of hydrogen-bond donors (Lipinski definition) is 2. The monoisotopic (exact) mass is 255 g/mol. The van der Waals surface area contributed by atoms with Gasteiger partial charge in [-0.15, -0.1) is 0 Å². The summed E-state index contributed by atoms with van der Waals surface area (Å²) in [6.45, 7) is 0.197. The predicted molar refractivity (Wildman–Crippen MR) is 66.2 cm³/mol. The average molecular weight is 255 g/mol. The first-order valence-corrected chi connectivity index (χ1v) is 6.54. The summed E-state index contributed by atoms with van der Waals surface area (Å²) in [4.78, 5) is 0. The van der Waals surface area contributed by atoms with E-state index in [4.69, 9.17) is 0 Å². The summed E-state index contributed by atoms with van der Waals surface area (Å²) >= 11 is 0. The van der Waals surface area contributed by atoms with Crippen LogP contribution < -0.4 is 5.32 Å². The number of hydrogen-bond acceptors (Lipinski definition) is 2. The molecule has 0 bridgehead atoms. The molecule has 2 N–H and O–H groups in total. The molecule has 1 aliphatic carbocycles. The van der Waals surface area contributed by atoms with E-state index in [-0.39, 0.29) is 12.1 Å². The van der Waals surface area contributed by atoms with E-state index in [9.17, 15) is 13.9 Å². The molecule has 1 saturated carbocycles. The molecule has 0 spiro atoms. The van der Waals surface area contributed by atoms with Gasteiger partial charge in [-0.05, 0) is 25.0 Å². The molecule has 0 radical (unpaired) electrons. The number of rotatable bonds is 4. The number of halogens is 2. The largest absolute Gasteiger partial charge is 0.387 e. The van der Waals surface area contributed by atoms with Gasteiger partial charge in [0.1, 0.15) is 11.6 Å². The predicted octanol–water partition coefficient (Wildman–Crippen LogP) is 2.92. The van der Waals surface area contributed by atoms with Crippen LogP contribution in [0.15, 0.2) is 18.2 Å². The van der Waals surface area contributed by atoms with Gasteiger partial charge in [-0.1, -0.05) is 25.3 Å². The van der Waals surface area contributed by atoms with E-state index in [0.717, 1.165) is 12.8 Å². The zero-order valence-electron chi connectivity index (χ0n) is 10.3. The Morgan fingerprint density at radius 3 is 2.39 bits per heavy atom. The van der Waals surface area contributed by atoms with Crippen LogP contribution in [0.5, 0.6) is 0 Å². The maximum atomic E-state index is 13.4.